The first-order valence-corrected chi connectivity index (χ1v) is 5.04. The van der Waals surface area contributed by atoms with Crippen LogP contribution in [-0.4, -0.2) is 42.8 Å². The summed E-state index contributed by atoms with van der Waals surface area (Å²) in [7, 11) is 2.03. The summed E-state index contributed by atoms with van der Waals surface area (Å²) >= 11 is 0. The zero-order chi connectivity index (χ0) is 10.4. The minimum atomic E-state index is 0.214. The van der Waals surface area contributed by atoms with Gasteiger partial charge >= 0.3 is 0 Å². The topological polar surface area (TPSA) is 49.5 Å². The predicted octanol–water partition coefficient (Wildman–Crippen LogP) is 0.530. The molecule has 0 fully saturated rings. The summed E-state index contributed by atoms with van der Waals surface area (Å²) in [6.45, 7) is 8.31. The number of hydrogen-bond acceptors (Lipinski definition) is 3. The zero-order valence-corrected chi connectivity index (χ0v) is 9.33. The Balaban J connectivity index is 3.93. The van der Waals surface area contributed by atoms with Crippen molar-refractivity contribution in [1.29, 1.82) is 0 Å². The largest absolute Gasteiger partial charge is 0.395 e. The summed E-state index contributed by atoms with van der Waals surface area (Å²) in [4.78, 5) is 2.16. The quantitative estimate of drug-likeness (QED) is 0.639. The lowest BCUT2D eigenvalue weighted by atomic mass is 9.95. The second kappa shape index (κ2) is 6.35. The molecular formula is C10H24N2O. The minimum Gasteiger partial charge on any atom is -0.395 e. The van der Waals surface area contributed by atoms with Crippen LogP contribution in [0.5, 0.6) is 0 Å². The van der Waals surface area contributed by atoms with Gasteiger partial charge in [-0.25, -0.2) is 0 Å². The summed E-state index contributed by atoms with van der Waals surface area (Å²) in [5.74, 6) is 1.14. The molecule has 0 radical (unpaired) electrons. The van der Waals surface area contributed by atoms with Crippen molar-refractivity contribution >= 4 is 0 Å². The maximum atomic E-state index is 8.96. The van der Waals surface area contributed by atoms with Gasteiger partial charge in [0.15, 0.2) is 0 Å². The Kier molecular flexibility index (Phi) is 6.29. The molecule has 0 saturated heterocycles. The molecule has 3 heteroatoms. The molecule has 0 spiro atoms. The van der Waals surface area contributed by atoms with Crippen LogP contribution in [-0.2, 0) is 0 Å². The lowest BCUT2D eigenvalue weighted by molar-refractivity contribution is 0.133. The van der Waals surface area contributed by atoms with E-state index in [0.29, 0.717) is 11.8 Å². The molecule has 0 aromatic carbocycles. The van der Waals surface area contributed by atoms with Crippen LogP contribution in [0.25, 0.3) is 0 Å². The average Bonchev–Trinajstić information content (AvgIpc) is 2.11. The average molecular weight is 188 g/mol. The monoisotopic (exact) mass is 188 g/mol. The maximum absolute atomic E-state index is 8.96. The molecular weight excluding hydrogens is 164 g/mol. The Morgan fingerprint density at radius 3 is 2.15 bits per heavy atom. The maximum Gasteiger partial charge on any atom is 0.0584 e. The number of nitrogens with zero attached hydrogens (tertiary/aromatic N) is 1. The first-order chi connectivity index (χ1) is 6.02. The third-order valence-corrected chi connectivity index (χ3v) is 2.78. The highest BCUT2D eigenvalue weighted by Crippen LogP contribution is 2.11. The van der Waals surface area contributed by atoms with Gasteiger partial charge in [-0.3, -0.25) is 0 Å². The molecule has 13 heavy (non-hydrogen) atoms. The normalized spacial score (nSPS) is 16.6. The van der Waals surface area contributed by atoms with Crippen LogP contribution < -0.4 is 5.73 Å². The number of aliphatic hydroxyl groups excluding tert-OH is 1. The predicted molar refractivity (Wildman–Crippen MR) is 56.6 cm³/mol. The third kappa shape index (κ3) is 4.60. The van der Waals surface area contributed by atoms with Crippen molar-refractivity contribution in [3.05, 3.63) is 0 Å². The number of nitrogens with two attached hydrogens (primary N) is 1. The lowest BCUT2D eigenvalue weighted by Gasteiger charge is -2.29. The van der Waals surface area contributed by atoms with Crippen LogP contribution in [0.4, 0.5) is 0 Å². The number of rotatable bonds is 6. The van der Waals surface area contributed by atoms with Crippen LogP contribution in [0, 0.1) is 11.8 Å². The van der Waals surface area contributed by atoms with Gasteiger partial charge in [0.05, 0.1) is 6.61 Å². The Hall–Kier alpha value is -0.120. The van der Waals surface area contributed by atoms with Crippen LogP contribution in [0.15, 0.2) is 0 Å². The van der Waals surface area contributed by atoms with E-state index >= 15 is 0 Å². The van der Waals surface area contributed by atoms with Gasteiger partial charge in [-0.15, -0.1) is 0 Å². The lowest BCUT2D eigenvalue weighted by Crippen LogP contribution is -2.39. The minimum absolute atomic E-state index is 0.214. The van der Waals surface area contributed by atoms with Crippen molar-refractivity contribution in [2.24, 2.45) is 17.6 Å². The Morgan fingerprint density at radius 2 is 1.85 bits per heavy atom. The van der Waals surface area contributed by atoms with E-state index in [0.717, 1.165) is 13.1 Å². The molecule has 2 unspecified atom stereocenters. The van der Waals surface area contributed by atoms with Gasteiger partial charge in [-0.1, -0.05) is 13.8 Å². The van der Waals surface area contributed by atoms with Crippen molar-refractivity contribution in [3.8, 4) is 0 Å². The number of hydrogen-bond donors (Lipinski definition) is 2. The van der Waals surface area contributed by atoms with Crippen molar-refractivity contribution in [1.82, 2.24) is 4.90 Å². The fourth-order valence-corrected chi connectivity index (χ4v) is 1.25. The molecule has 0 aliphatic rings. The molecule has 0 bridgehead atoms. The molecule has 0 saturated carbocycles. The summed E-state index contributed by atoms with van der Waals surface area (Å²) in [6.07, 6.45) is 0. The van der Waals surface area contributed by atoms with E-state index in [4.69, 9.17) is 10.8 Å². The van der Waals surface area contributed by atoms with E-state index in [-0.39, 0.29) is 12.6 Å². The van der Waals surface area contributed by atoms with E-state index < -0.39 is 0 Å². The molecule has 0 aromatic rings. The molecule has 0 aliphatic heterocycles. The first-order valence-electron chi connectivity index (χ1n) is 5.04. The molecule has 0 rings (SSSR count). The van der Waals surface area contributed by atoms with Gasteiger partial charge in [0, 0.05) is 12.6 Å². The Morgan fingerprint density at radius 1 is 1.31 bits per heavy atom. The fraction of sp³-hybridized carbons (Fsp3) is 1.00. The summed E-state index contributed by atoms with van der Waals surface area (Å²) in [5, 5.41) is 8.96. The van der Waals surface area contributed by atoms with E-state index in [1.165, 1.54) is 0 Å². The molecule has 2 atom stereocenters. The van der Waals surface area contributed by atoms with Crippen LogP contribution in [0.3, 0.4) is 0 Å². The van der Waals surface area contributed by atoms with E-state index in [9.17, 15) is 0 Å². The number of likely N-dealkylation sites (N-methyl/N-ethyl adjacent to an activating group) is 1. The van der Waals surface area contributed by atoms with Crippen molar-refractivity contribution in [3.63, 3.8) is 0 Å². The van der Waals surface area contributed by atoms with Gasteiger partial charge in [0.2, 0.25) is 0 Å². The zero-order valence-electron chi connectivity index (χ0n) is 9.33. The summed E-state index contributed by atoms with van der Waals surface area (Å²) in [5.41, 5.74) is 5.67. The molecule has 0 amide bonds. The fourth-order valence-electron chi connectivity index (χ4n) is 1.25. The van der Waals surface area contributed by atoms with Crippen molar-refractivity contribution in [2.75, 3.05) is 26.7 Å². The van der Waals surface area contributed by atoms with Crippen molar-refractivity contribution in [2.45, 2.75) is 26.8 Å². The molecule has 0 heterocycles. The van der Waals surface area contributed by atoms with Gasteiger partial charge in [0.1, 0.15) is 0 Å². The Bertz CT molecular complexity index is 128. The smallest absolute Gasteiger partial charge is 0.0584 e. The second-order valence-corrected chi connectivity index (χ2v) is 4.21. The third-order valence-electron chi connectivity index (χ3n) is 2.78. The SMILES string of the molecule is CC(C)C(CN)CN(C)C(C)CO. The highest BCUT2D eigenvalue weighted by atomic mass is 16.3. The standard InChI is InChI=1S/C10H24N2O/c1-8(2)10(5-11)6-12(4)9(3)7-13/h8-10,13H,5-7,11H2,1-4H3. The highest BCUT2D eigenvalue weighted by Gasteiger charge is 2.16. The molecule has 80 valence electrons. The molecule has 3 N–H and O–H groups in total. The van der Waals surface area contributed by atoms with Crippen molar-refractivity contribution < 1.29 is 5.11 Å². The molecule has 0 aromatic heterocycles. The molecule has 0 aliphatic carbocycles. The first kappa shape index (κ1) is 12.9. The van der Waals surface area contributed by atoms with Crippen LogP contribution >= 0.6 is 0 Å². The van der Waals surface area contributed by atoms with Crippen LogP contribution in [0.2, 0.25) is 0 Å². The van der Waals surface area contributed by atoms with E-state index in [2.05, 4.69) is 18.7 Å². The van der Waals surface area contributed by atoms with Gasteiger partial charge < -0.3 is 15.7 Å². The second-order valence-electron chi connectivity index (χ2n) is 4.21. The van der Waals surface area contributed by atoms with Gasteiger partial charge in [0.25, 0.3) is 0 Å². The summed E-state index contributed by atoms with van der Waals surface area (Å²) < 4.78 is 0. The van der Waals surface area contributed by atoms with Gasteiger partial charge in [-0.2, -0.15) is 0 Å². The summed E-state index contributed by atoms with van der Waals surface area (Å²) in [6, 6.07) is 0.229. The van der Waals surface area contributed by atoms with Gasteiger partial charge in [-0.05, 0) is 32.4 Å². The van der Waals surface area contributed by atoms with Crippen LogP contribution in [0.1, 0.15) is 20.8 Å². The Labute approximate surface area is 81.9 Å². The highest BCUT2D eigenvalue weighted by molar-refractivity contribution is 4.70. The van der Waals surface area contributed by atoms with E-state index in [1.54, 1.807) is 0 Å². The molecule has 3 nitrogen and oxygen atoms in total. The van der Waals surface area contributed by atoms with E-state index in [1.807, 2.05) is 14.0 Å². The number of aliphatic hydroxyl groups is 1.